The fourth-order valence-electron chi connectivity index (χ4n) is 4.47. The number of nitrogens with two attached hydrogens (primary N) is 1. The molecule has 3 aromatic rings. The minimum Gasteiger partial charge on any atom is -0.375 e. The average Bonchev–Trinajstić information content (AvgIpc) is 3.19. The predicted molar refractivity (Wildman–Crippen MR) is 101 cm³/mol. The van der Waals surface area contributed by atoms with Crippen molar-refractivity contribution in [3.05, 3.63) is 59.2 Å². The number of aromatic nitrogens is 1. The van der Waals surface area contributed by atoms with Crippen LogP contribution in [-0.2, 0) is 6.42 Å². The number of fused-ring (bicyclic) bond motifs is 4. The molecule has 1 aliphatic heterocycles. The van der Waals surface area contributed by atoms with E-state index >= 15 is 0 Å². The third kappa shape index (κ3) is 2.34. The van der Waals surface area contributed by atoms with Gasteiger partial charge in [0.05, 0.1) is 10.2 Å². The lowest BCUT2D eigenvalue weighted by Crippen LogP contribution is -2.46. The Morgan fingerprint density at radius 1 is 1.24 bits per heavy atom. The van der Waals surface area contributed by atoms with Crippen LogP contribution in [0.1, 0.15) is 40.2 Å². The molecule has 5 heteroatoms. The van der Waals surface area contributed by atoms with Crippen LogP contribution in [0.5, 0.6) is 0 Å². The summed E-state index contributed by atoms with van der Waals surface area (Å²) in [4.78, 5) is 19.6. The highest BCUT2D eigenvalue weighted by molar-refractivity contribution is 7.22. The van der Waals surface area contributed by atoms with Crippen LogP contribution in [0.3, 0.4) is 0 Å². The molecule has 1 aliphatic carbocycles. The molecule has 2 N–H and O–H groups in total. The van der Waals surface area contributed by atoms with Gasteiger partial charge in [-0.05, 0) is 48.6 Å². The number of thiazole rings is 1. The van der Waals surface area contributed by atoms with Crippen LogP contribution in [0, 0.1) is 0 Å². The molecule has 1 saturated heterocycles. The van der Waals surface area contributed by atoms with E-state index in [4.69, 9.17) is 5.73 Å². The molecular weight excluding hydrogens is 330 g/mol. The smallest absolute Gasteiger partial charge is 0.254 e. The summed E-state index contributed by atoms with van der Waals surface area (Å²) in [5.74, 6) is 0.619. The molecular formula is C20H19N3OS. The van der Waals surface area contributed by atoms with Crippen LogP contribution in [-0.4, -0.2) is 28.4 Å². The second-order valence-corrected chi connectivity index (χ2v) is 8.01. The van der Waals surface area contributed by atoms with Crippen molar-refractivity contribution in [3.8, 4) is 0 Å². The molecule has 0 radical (unpaired) electrons. The largest absolute Gasteiger partial charge is 0.375 e. The van der Waals surface area contributed by atoms with E-state index in [1.807, 2.05) is 18.2 Å². The number of rotatable bonds is 1. The summed E-state index contributed by atoms with van der Waals surface area (Å²) >= 11 is 1.44. The molecule has 1 amide bonds. The maximum atomic E-state index is 13.2. The Kier molecular flexibility index (Phi) is 3.31. The maximum Gasteiger partial charge on any atom is 0.254 e. The Hall–Kier alpha value is -2.40. The summed E-state index contributed by atoms with van der Waals surface area (Å²) in [5.41, 5.74) is 10.2. The number of hydrogen-bond donors (Lipinski definition) is 1. The van der Waals surface area contributed by atoms with Crippen LogP contribution in [0.15, 0.2) is 42.5 Å². The Morgan fingerprint density at radius 2 is 2.12 bits per heavy atom. The van der Waals surface area contributed by atoms with Gasteiger partial charge in [0.25, 0.3) is 5.91 Å². The van der Waals surface area contributed by atoms with Crippen LogP contribution in [0.4, 0.5) is 5.13 Å². The van der Waals surface area contributed by atoms with Gasteiger partial charge in [-0.3, -0.25) is 4.79 Å². The van der Waals surface area contributed by atoms with Crippen molar-refractivity contribution in [3.63, 3.8) is 0 Å². The number of anilines is 1. The van der Waals surface area contributed by atoms with Crippen LogP contribution in [0.25, 0.3) is 10.2 Å². The van der Waals surface area contributed by atoms with Crippen molar-refractivity contribution in [2.45, 2.75) is 31.2 Å². The molecule has 2 heterocycles. The monoisotopic (exact) mass is 349 g/mol. The van der Waals surface area contributed by atoms with Crippen molar-refractivity contribution >= 4 is 32.6 Å². The van der Waals surface area contributed by atoms with Gasteiger partial charge < -0.3 is 10.6 Å². The van der Waals surface area contributed by atoms with Gasteiger partial charge in [0, 0.05) is 24.1 Å². The van der Waals surface area contributed by atoms with E-state index in [1.165, 1.54) is 28.9 Å². The first kappa shape index (κ1) is 14.9. The fourth-order valence-corrected chi connectivity index (χ4v) is 5.25. The number of amides is 1. The predicted octanol–water partition coefficient (Wildman–Crippen LogP) is 3.82. The average molecular weight is 349 g/mol. The highest BCUT2D eigenvalue weighted by atomic mass is 32.1. The number of carbonyl (C=O) groups excluding carboxylic acids is 1. The van der Waals surface area contributed by atoms with Crippen molar-refractivity contribution in [1.82, 2.24) is 9.88 Å². The lowest BCUT2D eigenvalue weighted by Gasteiger charge is -2.38. The van der Waals surface area contributed by atoms with Gasteiger partial charge >= 0.3 is 0 Å². The van der Waals surface area contributed by atoms with Gasteiger partial charge in [-0.1, -0.05) is 35.6 Å². The molecule has 0 spiro atoms. The Morgan fingerprint density at radius 3 is 3.04 bits per heavy atom. The SMILES string of the molecule is Nc1nc2ccc(C(=O)N3CCC[C@@H]4c5ccccc5C[C@@H]43)cc2s1. The van der Waals surface area contributed by atoms with Gasteiger partial charge in [0.1, 0.15) is 0 Å². The molecule has 0 bridgehead atoms. The minimum absolute atomic E-state index is 0.136. The molecule has 2 atom stereocenters. The molecule has 25 heavy (non-hydrogen) atoms. The van der Waals surface area contributed by atoms with Gasteiger partial charge in [-0.2, -0.15) is 0 Å². The first-order valence-corrected chi connectivity index (χ1v) is 9.57. The Bertz CT molecular complexity index is 980. The van der Waals surface area contributed by atoms with Crippen molar-refractivity contribution in [2.24, 2.45) is 0 Å². The standard InChI is InChI=1S/C20H19N3OS/c21-20-22-16-8-7-13(11-18(16)25-20)19(24)23-9-3-6-15-14-5-2-1-4-12(14)10-17(15)23/h1-2,4-5,7-8,11,15,17H,3,6,9-10H2,(H2,21,22)/t15-,17+/m1/s1. The number of hydrogen-bond acceptors (Lipinski definition) is 4. The van der Waals surface area contributed by atoms with E-state index in [-0.39, 0.29) is 5.91 Å². The third-order valence-corrected chi connectivity index (χ3v) is 6.42. The second kappa shape index (κ2) is 5.56. The fraction of sp³-hybridized carbons (Fsp3) is 0.300. The number of piperidine rings is 1. The summed E-state index contributed by atoms with van der Waals surface area (Å²) in [6, 6.07) is 14.7. The second-order valence-electron chi connectivity index (χ2n) is 6.95. The van der Waals surface area contributed by atoms with Crippen molar-refractivity contribution in [1.29, 1.82) is 0 Å². The lowest BCUT2D eigenvalue weighted by molar-refractivity contribution is 0.0595. The zero-order valence-corrected chi connectivity index (χ0v) is 14.6. The van der Waals surface area contributed by atoms with Crippen LogP contribution < -0.4 is 5.73 Å². The highest BCUT2D eigenvalue weighted by Crippen LogP contribution is 2.42. The first-order chi connectivity index (χ1) is 12.2. The molecule has 5 rings (SSSR count). The summed E-state index contributed by atoms with van der Waals surface area (Å²) in [6.45, 7) is 0.844. The van der Waals surface area contributed by atoms with Gasteiger partial charge in [0.2, 0.25) is 0 Å². The first-order valence-electron chi connectivity index (χ1n) is 8.75. The normalized spacial score (nSPS) is 22.0. The molecule has 0 unspecified atom stereocenters. The maximum absolute atomic E-state index is 13.2. The number of nitrogen functional groups attached to an aromatic ring is 1. The minimum atomic E-state index is 0.136. The van der Waals surface area contributed by atoms with E-state index in [2.05, 4.69) is 34.1 Å². The van der Waals surface area contributed by atoms with E-state index in [9.17, 15) is 4.79 Å². The summed E-state index contributed by atoms with van der Waals surface area (Å²) in [7, 11) is 0. The zero-order chi connectivity index (χ0) is 17.0. The Labute approximate surface area is 150 Å². The molecule has 4 nitrogen and oxygen atoms in total. The molecule has 2 aliphatic rings. The molecule has 1 fully saturated rings. The summed E-state index contributed by atoms with van der Waals surface area (Å²) in [6.07, 6.45) is 3.22. The summed E-state index contributed by atoms with van der Waals surface area (Å²) in [5, 5.41) is 0.545. The number of likely N-dealkylation sites (tertiary alicyclic amines) is 1. The van der Waals surface area contributed by atoms with Gasteiger partial charge in [-0.25, -0.2) is 4.98 Å². The number of nitrogens with zero attached hydrogens (tertiary/aromatic N) is 2. The van der Waals surface area contributed by atoms with Crippen molar-refractivity contribution in [2.75, 3.05) is 12.3 Å². The number of benzene rings is 2. The summed E-state index contributed by atoms with van der Waals surface area (Å²) < 4.78 is 0.978. The van der Waals surface area contributed by atoms with Crippen LogP contribution >= 0.6 is 11.3 Å². The van der Waals surface area contributed by atoms with E-state index in [0.29, 0.717) is 17.1 Å². The molecule has 1 aromatic heterocycles. The number of carbonyl (C=O) groups is 1. The third-order valence-electron chi connectivity index (χ3n) is 5.58. The van der Waals surface area contributed by atoms with Crippen LogP contribution in [0.2, 0.25) is 0 Å². The van der Waals surface area contributed by atoms with E-state index in [1.54, 1.807) is 0 Å². The van der Waals surface area contributed by atoms with E-state index < -0.39 is 0 Å². The quantitative estimate of drug-likeness (QED) is 0.726. The van der Waals surface area contributed by atoms with Gasteiger partial charge in [-0.15, -0.1) is 0 Å². The highest BCUT2D eigenvalue weighted by Gasteiger charge is 2.40. The molecule has 0 saturated carbocycles. The lowest BCUT2D eigenvalue weighted by atomic mass is 9.88. The topological polar surface area (TPSA) is 59.2 Å². The Balaban J connectivity index is 1.48. The molecule has 126 valence electrons. The van der Waals surface area contributed by atoms with Crippen molar-refractivity contribution < 1.29 is 4.79 Å². The zero-order valence-electron chi connectivity index (χ0n) is 13.8. The van der Waals surface area contributed by atoms with E-state index in [0.717, 1.165) is 35.2 Å². The van der Waals surface area contributed by atoms with Gasteiger partial charge in [0.15, 0.2) is 5.13 Å². The molecule has 2 aromatic carbocycles.